The lowest BCUT2D eigenvalue weighted by Gasteiger charge is -2.11. The zero-order chi connectivity index (χ0) is 20.6. The summed E-state index contributed by atoms with van der Waals surface area (Å²) in [6.45, 7) is 2.34. The van der Waals surface area contributed by atoms with E-state index < -0.39 is 5.91 Å². The highest BCUT2D eigenvalue weighted by molar-refractivity contribution is 6.08. The van der Waals surface area contributed by atoms with Crippen LogP contribution >= 0.6 is 0 Å². The number of hydrogen-bond donors (Lipinski definition) is 2. The molecule has 0 spiro atoms. The first kappa shape index (κ1) is 19.9. The molecule has 0 aliphatic rings. The molecular formula is C22H21N3O4. The molecule has 2 amide bonds. The number of nitrogens with zero attached hydrogens (tertiary/aromatic N) is 1. The Balaban J connectivity index is 1.75. The van der Waals surface area contributed by atoms with Gasteiger partial charge in [-0.3, -0.25) is 14.6 Å². The van der Waals surface area contributed by atoms with Gasteiger partial charge in [0.15, 0.2) is 0 Å². The zero-order valence-electron chi connectivity index (χ0n) is 16.1. The summed E-state index contributed by atoms with van der Waals surface area (Å²) in [5.41, 5.74) is 1.55. The van der Waals surface area contributed by atoms with Gasteiger partial charge in [0.25, 0.3) is 11.8 Å². The molecule has 148 valence electrons. The summed E-state index contributed by atoms with van der Waals surface area (Å²) in [6, 6.07) is 17.1. The molecule has 3 rings (SSSR count). The highest BCUT2D eigenvalue weighted by Crippen LogP contribution is 2.24. The van der Waals surface area contributed by atoms with Gasteiger partial charge in [0.2, 0.25) is 0 Å². The van der Waals surface area contributed by atoms with Crippen LogP contribution in [0.1, 0.15) is 27.8 Å². The van der Waals surface area contributed by atoms with E-state index in [-0.39, 0.29) is 11.6 Å². The normalized spacial score (nSPS) is 10.1. The van der Waals surface area contributed by atoms with Crippen molar-refractivity contribution in [2.24, 2.45) is 0 Å². The molecule has 2 aromatic carbocycles. The maximum atomic E-state index is 12.6. The Hall–Kier alpha value is -3.87. The van der Waals surface area contributed by atoms with Crippen molar-refractivity contribution in [3.05, 3.63) is 78.1 Å². The van der Waals surface area contributed by atoms with Crippen molar-refractivity contribution in [3.8, 4) is 11.5 Å². The van der Waals surface area contributed by atoms with E-state index in [2.05, 4.69) is 15.6 Å². The van der Waals surface area contributed by atoms with Crippen molar-refractivity contribution < 1.29 is 19.1 Å². The molecule has 0 unspecified atom stereocenters. The Morgan fingerprint density at radius 1 is 0.966 bits per heavy atom. The van der Waals surface area contributed by atoms with Crippen LogP contribution in [0.4, 0.5) is 11.4 Å². The Labute approximate surface area is 168 Å². The Morgan fingerprint density at radius 2 is 1.79 bits per heavy atom. The molecule has 0 radical (unpaired) electrons. The molecule has 0 aliphatic heterocycles. The third-order valence-corrected chi connectivity index (χ3v) is 4.02. The van der Waals surface area contributed by atoms with Gasteiger partial charge in [-0.25, -0.2) is 0 Å². The SMILES string of the molecule is CCOc1ccccc1NC(=O)c1cc(C(=O)Nc2cccc(OC)c2)ccn1. The Kier molecular flexibility index (Phi) is 6.42. The lowest BCUT2D eigenvalue weighted by molar-refractivity contribution is 0.102. The Bertz CT molecular complexity index is 1020. The standard InChI is InChI=1S/C22H21N3O4/c1-3-29-20-10-5-4-9-18(20)25-22(27)19-13-15(11-12-23-19)21(26)24-16-7-6-8-17(14-16)28-2/h4-14H,3H2,1-2H3,(H,24,26)(H,25,27). The second-order valence-electron chi connectivity index (χ2n) is 6.00. The second-order valence-corrected chi connectivity index (χ2v) is 6.00. The van der Waals surface area contributed by atoms with E-state index in [0.29, 0.717) is 35.0 Å². The van der Waals surface area contributed by atoms with Crippen LogP contribution in [-0.4, -0.2) is 30.5 Å². The van der Waals surface area contributed by atoms with Gasteiger partial charge in [-0.2, -0.15) is 0 Å². The van der Waals surface area contributed by atoms with Gasteiger partial charge >= 0.3 is 0 Å². The van der Waals surface area contributed by atoms with Gasteiger partial charge in [0.1, 0.15) is 17.2 Å². The van der Waals surface area contributed by atoms with E-state index in [1.165, 1.54) is 12.3 Å². The van der Waals surface area contributed by atoms with Crippen LogP contribution < -0.4 is 20.1 Å². The van der Waals surface area contributed by atoms with Crippen molar-refractivity contribution in [1.82, 2.24) is 4.98 Å². The molecule has 0 atom stereocenters. The minimum absolute atomic E-state index is 0.120. The molecule has 0 fully saturated rings. The number of ether oxygens (including phenoxy) is 2. The molecule has 1 heterocycles. The van der Waals surface area contributed by atoms with Gasteiger partial charge < -0.3 is 20.1 Å². The van der Waals surface area contributed by atoms with E-state index in [9.17, 15) is 9.59 Å². The molecule has 3 aromatic rings. The summed E-state index contributed by atoms with van der Waals surface area (Å²) in [5.74, 6) is 0.401. The predicted octanol–water partition coefficient (Wildman–Crippen LogP) is 3.99. The van der Waals surface area contributed by atoms with Gasteiger partial charge in [-0.15, -0.1) is 0 Å². The molecular weight excluding hydrogens is 370 g/mol. The molecule has 0 aliphatic carbocycles. The van der Waals surface area contributed by atoms with E-state index >= 15 is 0 Å². The van der Waals surface area contributed by atoms with Crippen LogP contribution in [-0.2, 0) is 0 Å². The number of pyridine rings is 1. The average Bonchev–Trinajstić information content (AvgIpc) is 2.75. The van der Waals surface area contributed by atoms with E-state index in [0.717, 1.165) is 0 Å². The van der Waals surface area contributed by atoms with E-state index in [4.69, 9.17) is 9.47 Å². The summed E-state index contributed by atoms with van der Waals surface area (Å²) >= 11 is 0. The highest BCUT2D eigenvalue weighted by Gasteiger charge is 2.14. The summed E-state index contributed by atoms with van der Waals surface area (Å²) in [4.78, 5) is 29.2. The van der Waals surface area contributed by atoms with Gasteiger partial charge in [-0.05, 0) is 43.3 Å². The van der Waals surface area contributed by atoms with Crippen LogP contribution in [0, 0.1) is 0 Å². The number of aromatic nitrogens is 1. The summed E-state index contributed by atoms with van der Waals surface area (Å²) < 4.78 is 10.7. The van der Waals surface area contributed by atoms with Crippen LogP contribution in [0.5, 0.6) is 11.5 Å². The third-order valence-electron chi connectivity index (χ3n) is 4.02. The van der Waals surface area contributed by atoms with Crippen molar-refractivity contribution in [3.63, 3.8) is 0 Å². The van der Waals surface area contributed by atoms with E-state index in [1.54, 1.807) is 55.6 Å². The fourth-order valence-electron chi connectivity index (χ4n) is 2.64. The first-order valence-corrected chi connectivity index (χ1v) is 9.05. The number of carbonyl (C=O) groups is 2. The summed E-state index contributed by atoms with van der Waals surface area (Å²) in [7, 11) is 1.55. The van der Waals surface area contributed by atoms with Crippen LogP contribution in [0.15, 0.2) is 66.9 Å². The number of carbonyl (C=O) groups excluding carboxylic acids is 2. The number of rotatable bonds is 7. The number of methoxy groups -OCH3 is 1. The van der Waals surface area contributed by atoms with Crippen molar-refractivity contribution in [2.45, 2.75) is 6.92 Å². The lowest BCUT2D eigenvalue weighted by Crippen LogP contribution is -2.17. The number of hydrogen-bond acceptors (Lipinski definition) is 5. The minimum atomic E-state index is -0.437. The van der Waals surface area contributed by atoms with Gasteiger partial charge in [0, 0.05) is 23.5 Å². The number of nitrogens with one attached hydrogen (secondary N) is 2. The number of benzene rings is 2. The predicted molar refractivity (Wildman–Crippen MR) is 111 cm³/mol. The fourth-order valence-corrected chi connectivity index (χ4v) is 2.64. The molecule has 2 N–H and O–H groups in total. The molecule has 0 bridgehead atoms. The topological polar surface area (TPSA) is 89.5 Å². The lowest BCUT2D eigenvalue weighted by atomic mass is 10.2. The molecule has 0 saturated heterocycles. The maximum Gasteiger partial charge on any atom is 0.274 e. The van der Waals surface area contributed by atoms with Gasteiger partial charge in [-0.1, -0.05) is 18.2 Å². The molecule has 0 saturated carbocycles. The largest absolute Gasteiger partial charge is 0.497 e. The smallest absolute Gasteiger partial charge is 0.274 e. The van der Waals surface area contributed by atoms with E-state index in [1.807, 2.05) is 13.0 Å². The number of para-hydroxylation sites is 2. The minimum Gasteiger partial charge on any atom is -0.497 e. The number of anilines is 2. The van der Waals surface area contributed by atoms with Gasteiger partial charge in [0.05, 0.1) is 19.4 Å². The third kappa shape index (κ3) is 5.10. The molecule has 7 heteroatoms. The van der Waals surface area contributed by atoms with Crippen molar-refractivity contribution in [1.29, 1.82) is 0 Å². The van der Waals surface area contributed by atoms with Crippen LogP contribution in [0.2, 0.25) is 0 Å². The first-order valence-electron chi connectivity index (χ1n) is 9.05. The van der Waals surface area contributed by atoms with Crippen molar-refractivity contribution >= 4 is 23.2 Å². The highest BCUT2D eigenvalue weighted by atomic mass is 16.5. The maximum absolute atomic E-state index is 12.6. The second kappa shape index (κ2) is 9.36. The average molecular weight is 391 g/mol. The quantitative estimate of drug-likeness (QED) is 0.636. The molecule has 29 heavy (non-hydrogen) atoms. The monoisotopic (exact) mass is 391 g/mol. The Morgan fingerprint density at radius 3 is 2.59 bits per heavy atom. The molecule has 1 aromatic heterocycles. The van der Waals surface area contributed by atoms with Crippen LogP contribution in [0.25, 0.3) is 0 Å². The fraction of sp³-hybridized carbons (Fsp3) is 0.136. The zero-order valence-corrected chi connectivity index (χ0v) is 16.1. The first-order chi connectivity index (χ1) is 14.1. The number of amides is 2. The van der Waals surface area contributed by atoms with Crippen molar-refractivity contribution in [2.75, 3.05) is 24.4 Å². The summed E-state index contributed by atoms with van der Waals surface area (Å²) in [5, 5.41) is 5.54. The van der Waals surface area contributed by atoms with Crippen LogP contribution in [0.3, 0.4) is 0 Å². The molecule has 7 nitrogen and oxygen atoms in total. The summed E-state index contributed by atoms with van der Waals surface area (Å²) in [6.07, 6.45) is 1.42.